The molecule has 0 bridgehead atoms. The average molecular weight is 309 g/mol. The zero-order valence-electron chi connectivity index (χ0n) is 13.7. The highest BCUT2D eigenvalue weighted by Gasteiger charge is 2.27. The van der Waals surface area contributed by atoms with E-state index in [4.69, 9.17) is 4.98 Å². The minimum absolute atomic E-state index is 0.204. The predicted molar refractivity (Wildman–Crippen MR) is 91.8 cm³/mol. The van der Waals surface area contributed by atoms with E-state index in [9.17, 15) is 4.79 Å². The van der Waals surface area contributed by atoms with Crippen molar-refractivity contribution in [3.05, 3.63) is 41.1 Å². The van der Waals surface area contributed by atoms with E-state index in [1.54, 1.807) is 0 Å². The summed E-state index contributed by atoms with van der Waals surface area (Å²) < 4.78 is 0. The minimum atomic E-state index is 0.204. The molecule has 0 unspecified atom stereocenters. The summed E-state index contributed by atoms with van der Waals surface area (Å²) in [7, 11) is 2.12. The Kier molecular flexibility index (Phi) is 3.77. The number of pyridine rings is 1. The van der Waals surface area contributed by atoms with Crippen LogP contribution in [0, 0.1) is 0 Å². The van der Waals surface area contributed by atoms with E-state index in [1.807, 2.05) is 23.1 Å². The number of para-hydroxylation sites is 1. The van der Waals surface area contributed by atoms with E-state index < -0.39 is 0 Å². The Morgan fingerprint density at radius 1 is 1.04 bits per heavy atom. The molecule has 23 heavy (non-hydrogen) atoms. The lowest BCUT2D eigenvalue weighted by molar-refractivity contribution is 0.0664. The Hall–Kier alpha value is -1.94. The lowest BCUT2D eigenvalue weighted by atomic mass is 9.89. The Labute approximate surface area is 137 Å². The number of rotatable bonds is 1. The highest BCUT2D eigenvalue weighted by molar-refractivity contribution is 6.07. The van der Waals surface area contributed by atoms with Gasteiger partial charge in [0.15, 0.2) is 0 Å². The fraction of sp³-hybridized carbons (Fsp3) is 0.474. The molecule has 4 heteroatoms. The number of piperazine rings is 1. The minimum Gasteiger partial charge on any atom is -0.336 e. The van der Waals surface area contributed by atoms with Gasteiger partial charge < -0.3 is 9.80 Å². The van der Waals surface area contributed by atoms with Gasteiger partial charge in [-0.05, 0) is 44.4 Å². The van der Waals surface area contributed by atoms with Gasteiger partial charge in [-0.25, -0.2) is 0 Å². The van der Waals surface area contributed by atoms with Gasteiger partial charge in [-0.3, -0.25) is 9.78 Å². The van der Waals surface area contributed by atoms with Crippen molar-refractivity contribution in [3.8, 4) is 0 Å². The Bertz CT molecular complexity index is 748. The zero-order valence-corrected chi connectivity index (χ0v) is 13.7. The van der Waals surface area contributed by atoms with E-state index in [0.717, 1.165) is 67.6 Å². The normalized spacial score (nSPS) is 18.9. The number of hydrogen-bond acceptors (Lipinski definition) is 3. The molecule has 2 aliphatic rings. The molecule has 1 amide bonds. The molecule has 1 fully saturated rings. The van der Waals surface area contributed by atoms with Gasteiger partial charge in [-0.2, -0.15) is 0 Å². The van der Waals surface area contributed by atoms with Gasteiger partial charge in [-0.1, -0.05) is 18.2 Å². The van der Waals surface area contributed by atoms with Gasteiger partial charge in [0.05, 0.1) is 11.1 Å². The first-order valence-electron chi connectivity index (χ1n) is 8.62. The van der Waals surface area contributed by atoms with Crippen molar-refractivity contribution in [2.24, 2.45) is 0 Å². The molecule has 1 aromatic carbocycles. The fourth-order valence-corrected chi connectivity index (χ4v) is 3.78. The highest BCUT2D eigenvalue weighted by Crippen LogP contribution is 2.30. The summed E-state index contributed by atoms with van der Waals surface area (Å²) in [6.07, 6.45) is 4.34. The summed E-state index contributed by atoms with van der Waals surface area (Å²) in [5.41, 5.74) is 4.24. The lowest BCUT2D eigenvalue weighted by Gasteiger charge is -2.33. The summed E-state index contributed by atoms with van der Waals surface area (Å²) in [4.78, 5) is 22.4. The number of nitrogens with zero attached hydrogens (tertiary/aromatic N) is 3. The van der Waals surface area contributed by atoms with Gasteiger partial charge in [0.1, 0.15) is 0 Å². The summed E-state index contributed by atoms with van der Waals surface area (Å²) >= 11 is 0. The molecule has 1 aliphatic heterocycles. The standard InChI is InChI=1S/C19H23N3O/c1-21-10-12-22(13-11-21)19(23)18-14-6-2-4-8-16(14)20-17-9-5-3-7-15(17)18/h2,4,6,8H,3,5,7,9-13H2,1H3. The molecule has 2 heterocycles. The first-order chi connectivity index (χ1) is 11.2. The van der Waals surface area contributed by atoms with Crippen LogP contribution in [0.25, 0.3) is 10.9 Å². The molecular weight excluding hydrogens is 286 g/mol. The number of hydrogen-bond donors (Lipinski definition) is 0. The molecule has 0 N–H and O–H groups in total. The maximum Gasteiger partial charge on any atom is 0.254 e. The summed E-state index contributed by atoms with van der Waals surface area (Å²) in [6.45, 7) is 3.55. The van der Waals surface area contributed by atoms with Crippen molar-refractivity contribution in [1.29, 1.82) is 0 Å². The van der Waals surface area contributed by atoms with Gasteiger partial charge >= 0.3 is 0 Å². The zero-order chi connectivity index (χ0) is 15.8. The van der Waals surface area contributed by atoms with Crippen molar-refractivity contribution in [3.63, 3.8) is 0 Å². The van der Waals surface area contributed by atoms with Gasteiger partial charge in [0.25, 0.3) is 5.91 Å². The summed E-state index contributed by atoms with van der Waals surface area (Å²) in [5, 5.41) is 1.03. The first kappa shape index (κ1) is 14.6. The van der Waals surface area contributed by atoms with Crippen molar-refractivity contribution in [2.45, 2.75) is 25.7 Å². The van der Waals surface area contributed by atoms with Crippen LogP contribution in [-0.4, -0.2) is 53.9 Å². The SMILES string of the molecule is CN1CCN(C(=O)c2c3c(nc4ccccc24)CCCC3)CC1. The van der Waals surface area contributed by atoms with Crippen molar-refractivity contribution in [2.75, 3.05) is 33.2 Å². The van der Waals surface area contributed by atoms with Crippen LogP contribution < -0.4 is 0 Å². The molecule has 1 aliphatic carbocycles. The van der Waals surface area contributed by atoms with Crippen LogP contribution in [0.2, 0.25) is 0 Å². The number of carbonyl (C=O) groups excluding carboxylic acids is 1. The molecule has 0 radical (unpaired) electrons. The molecule has 120 valence electrons. The highest BCUT2D eigenvalue weighted by atomic mass is 16.2. The smallest absolute Gasteiger partial charge is 0.254 e. The number of likely N-dealkylation sites (N-methyl/N-ethyl adjacent to an activating group) is 1. The third-order valence-electron chi connectivity index (χ3n) is 5.17. The summed E-state index contributed by atoms with van der Waals surface area (Å²) in [5.74, 6) is 0.204. The monoisotopic (exact) mass is 309 g/mol. The maximum atomic E-state index is 13.3. The predicted octanol–water partition coefficient (Wildman–Crippen LogP) is 2.50. The second kappa shape index (κ2) is 5.93. The number of fused-ring (bicyclic) bond motifs is 2. The van der Waals surface area contributed by atoms with Crippen LogP contribution in [0.3, 0.4) is 0 Å². The summed E-state index contributed by atoms with van der Waals surface area (Å²) in [6, 6.07) is 8.11. The van der Waals surface area contributed by atoms with Crippen molar-refractivity contribution < 1.29 is 4.79 Å². The molecule has 0 atom stereocenters. The third-order valence-corrected chi connectivity index (χ3v) is 5.17. The largest absolute Gasteiger partial charge is 0.336 e. The van der Waals surface area contributed by atoms with E-state index in [-0.39, 0.29) is 5.91 Å². The third kappa shape index (κ3) is 2.61. The Morgan fingerprint density at radius 2 is 1.78 bits per heavy atom. The van der Waals surface area contributed by atoms with Crippen LogP contribution in [0.4, 0.5) is 0 Å². The molecule has 4 rings (SSSR count). The molecule has 0 saturated carbocycles. The van der Waals surface area contributed by atoms with E-state index in [2.05, 4.69) is 18.0 Å². The molecule has 0 spiro atoms. The molecule has 1 aromatic heterocycles. The van der Waals surface area contributed by atoms with Crippen LogP contribution in [-0.2, 0) is 12.8 Å². The topological polar surface area (TPSA) is 36.4 Å². The lowest BCUT2D eigenvalue weighted by Crippen LogP contribution is -2.47. The van der Waals surface area contributed by atoms with Gasteiger partial charge in [0, 0.05) is 37.3 Å². The van der Waals surface area contributed by atoms with Crippen LogP contribution in [0.5, 0.6) is 0 Å². The number of carbonyl (C=O) groups is 1. The van der Waals surface area contributed by atoms with E-state index in [0.29, 0.717) is 0 Å². The molecule has 2 aromatic rings. The van der Waals surface area contributed by atoms with Crippen molar-refractivity contribution >= 4 is 16.8 Å². The fourth-order valence-electron chi connectivity index (χ4n) is 3.78. The van der Waals surface area contributed by atoms with Crippen LogP contribution in [0.1, 0.15) is 34.5 Å². The molecular formula is C19H23N3O. The number of aryl methyl sites for hydroxylation is 1. The van der Waals surface area contributed by atoms with Crippen molar-refractivity contribution in [1.82, 2.24) is 14.8 Å². The maximum absolute atomic E-state index is 13.3. The van der Waals surface area contributed by atoms with E-state index >= 15 is 0 Å². The second-order valence-corrected chi connectivity index (χ2v) is 6.73. The first-order valence-corrected chi connectivity index (χ1v) is 8.62. The second-order valence-electron chi connectivity index (χ2n) is 6.73. The van der Waals surface area contributed by atoms with Crippen LogP contribution in [0.15, 0.2) is 24.3 Å². The van der Waals surface area contributed by atoms with E-state index in [1.165, 1.54) is 12.0 Å². The number of benzene rings is 1. The number of amides is 1. The molecule has 4 nitrogen and oxygen atoms in total. The molecule has 1 saturated heterocycles. The van der Waals surface area contributed by atoms with Crippen LogP contribution >= 0.6 is 0 Å². The average Bonchev–Trinajstić information content (AvgIpc) is 2.59. The number of aromatic nitrogens is 1. The van der Waals surface area contributed by atoms with Gasteiger partial charge in [-0.15, -0.1) is 0 Å². The van der Waals surface area contributed by atoms with Gasteiger partial charge in [0.2, 0.25) is 0 Å². The Morgan fingerprint density at radius 3 is 2.61 bits per heavy atom. The Balaban J connectivity index is 1.82. The quantitative estimate of drug-likeness (QED) is 0.812.